The zero-order valence-corrected chi connectivity index (χ0v) is 7.61. The van der Waals surface area contributed by atoms with Gasteiger partial charge in [-0.2, -0.15) is 0 Å². The van der Waals surface area contributed by atoms with Gasteiger partial charge in [-0.15, -0.1) is 0 Å². The van der Waals surface area contributed by atoms with Gasteiger partial charge in [-0.3, -0.25) is 0 Å². The third kappa shape index (κ3) is 1.90. The van der Waals surface area contributed by atoms with Crippen molar-refractivity contribution in [3.8, 4) is 0 Å². The SMILES string of the molecule is OC[C@@H]1C[C@H](c2ccccc2)CN1. The lowest BCUT2D eigenvalue weighted by Crippen LogP contribution is -2.24. The van der Waals surface area contributed by atoms with Gasteiger partial charge in [-0.05, 0) is 17.9 Å². The summed E-state index contributed by atoms with van der Waals surface area (Å²) in [7, 11) is 0. The molecule has 0 aromatic heterocycles. The molecule has 0 amide bonds. The molecular weight excluding hydrogens is 162 g/mol. The van der Waals surface area contributed by atoms with E-state index in [0.29, 0.717) is 12.0 Å². The van der Waals surface area contributed by atoms with E-state index in [9.17, 15) is 0 Å². The van der Waals surface area contributed by atoms with Gasteiger partial charge in [0.25, 0.3) is 0 Å². The van der Waals surface area contributed by atoms with Crippen molar-refractivity contribution in [3.05, 3.63) is 35.9 Å². The van der Waals surface area contributed by atoms with Crippen LogP contribution < -0.4 is 5.32 Å². The van der Waals surface area contributed by atoms with Crippen molar-refractivity contribution < 1.29 is 5.11 Å². The summed E-state index contributed by atoms with van der Waals surface area (Å²) in [5, 5.41) is 12.3. The number of aliphatic hydroxyl groups is 1. The summed E-state index contributed by atoms with van der Waals surface area (Å²) in [5.41, 5.74) is 1.38. The number of hydrogen-bond donors (Lipinski definition) is 2. The van der Waals surface area contributed by atoms with Crippen LogP contribution in [0.4, 0.5) is 0 Å². The molecule has 2 N–H and O–H groups in total. The monoisotopic (exact) mass is 177 g/mol. The number of rotatable bonds is 2. The topological polar surface area (TPSA) is 32.3 Å². The Kier molecular flexibility index (Phi) is 2.62. The fourth-order valence-corrected chi connectivity index (χ4v) is 1.94. The van der Waals surface area contributed by atoms with Crippen molar-refractivity contribution in [3.63, 3.8) is 0 Å². The quantitative estimate of drug-likeness (QED) is 0.709. The van der Waals surface area contributed by atoms with Crippen LogP contribution in [0.2, 0.25) is 0 Å². The molecular formula is C11H15NO. The molecule has 0 aliphatic carbocycles. The lowest BCUT2D eigenvalue weighted by atomic mass is 9.97. The summed E-state index contributed by atoms with van der Waals surface area (Å²) >= 11 is 0. The van der Waals surface area contributed by atoms with E-state index in [0.717, 1.165) is 13.0 Å². The third-order valence-corrected chi connectivity index (χ3v) is 2.71. The fraction of sp³-hybridized carbons (Fsp3) is 0.455. The molecule has 0 bridgehead atoms. The third-order valence-electron chi connectivity index (χ3n) is 2.71. The summed E-state index contributed by atoms with van der Waals surface area (Å²) in [6.07, 6.45) is 1.06. The Morgan fingerprint density at radius 3 is 2.69 bits per heavy atom. The number of nitrogens with one attached hydrogen (secondary N) is 1. The molecule has 2 heteroatoms. The minimum absolute atomic E-state index is 0.253. The van der Waals surface area contributed by atoms with E-state index in [1.807, 2.05) is 6.07 Å². The molecule has 0 spiro atoms. The van der Waals surface area contributed by atoms with E-state index in [1.165, 1.54) is 5.56 Å². The molecule has 1 fully saturated rings. The van der Waals surface area contributed by atoms with Crippen molar-refractivity contribution in [2.75, 3.05) is 13.2 Å². The Morgan fingerprint density at radius 1 is 1.31 bits per heavy atom. The van der Waals surface area contributed by atoms with Crippen LogP contribution in [0.1, 0.15) is 17.9 Å². The molecule has 2 nitrogen and oxygen atoms in total. The minimum atomic E-state index is 0.253. The lowest BCUT2D eigenvalue weighted by Gasteiger charge is -2.08. The molecule has 1 aromatic carbocycles. The molecule has 1 saturated heterocycles. The maximum absolute atomic E-state index is 8.97. The van der Waals surface area contributed by atoms with E-state index in [1.54, 1.807) is 0 Å². The maximum atomic E-state index is 8.97. The molecule has 2 rings (SSSR count). The summed E-state index contributed by atoms with van der Waals surface area (Å²) in [6, 6.07) is 10.8. The normalized spacial score (nSPS) is 27.8. The molecule has 1 aliphatic rings. The second-order valence-corrected chi connectivity index (χ2v) is 3.63. The van der Waals surface area contributed by atoms with Crippen molar-refractivity contribution in [1.82, 2.24) is 5.32 Å². The fourth-order valence-electron chi connectivity index (χ4n) is 1.94. The highest BCUT2D eigenvalue weighted by atomic mass is 16.3. The zero-order chi connectivity index (χ0) is 9.10. The van der Waals surface area contributed by atoms with Gasteiger partial charge in [0.2, 0.25) is 0 Å². The first-order valence-electron chi connectivity index (χ1n) is 4.79. The first-order chi connectivity index (χ1) is 6.40. The highest BCUT2D eigenvalue weighted by Crippen LogP contribution is 2.24. The van der Waals surface area contributed by atoms with Crippen LogP contribution in [0, 0.1) is 0 Å². The first kappa shape index (κ1) is 8.73. The van der Waals surface area contributed by atoms with E-state index >= 15 is 0 Å². The lowest BCUT2D eigenvalue weighted by molar-refractivity contribution is 0.254. The van der Waals surface area contributed by atoms with Gasteiger partial charge in [0.05, 0.1) is 6.61 Å². The predicted molar refractivity (Wildman–Crippen MR) is 52.7 cm³/mol. The second-order valence-electron chi connectivity index (χ2n) is 3.63. The molecule has 13 heavy (non-hydrogen) atoms. The molecule has 2 atom stereocenters. The average Bonchev–Trinajstić information content (AvgIpc) is 2.67. The van der Waals surface area contributed by atoms with Crippen molar-refractivity contribution in [2.24, 2.45) is 0 Å². The summed E-state index contributed by atoms with van der Waals surface area (Å²) in [6.45, 7) is 1.25. The first-order valence-corrected chi connectivity index (χ1v) is 4.79. The van der Waals surface area contributed by atoms with Gasteiger partial charge >= 0.3 is 0 Å². The van der Waals surface area contributed by atoms with Crippen LogP contribution in [0.3, 0.4) is 0 Å². The highest BCUT2D eigenvalue weighted by molar-refractivity contribution is 5.21. The summed E-state index contributed by atoms with van der Waals surface area (Å²) in [5.74, 6) is 0.582. The van der Waals surface area contributed by atoms with Crippen LogP contribution in [0.5, 0.6) is 0 Å². The van der Waals surface area contributed by atoms with E-state index in [4.69, 9.17) is 5.11 Å². The smallest absolute Gasteiger partial charge is 0.0584 e. The van der Waals surface area contributed by atoms with Gasteiger partial charge < -0.3 is 10.4 Å². The Hall–Kier alpha value is -0.860. The Balaban J connectivity index is 2.04. The van der Waals surface area contributed by atoms with Gasteiger partial charge in [0.15, 0.2) is 0 Å². The molecule has 70 valence electrons. The average molecular weight is 177 g/mol. The van der Waals surface area contributed by atoms with Crippen LogP contribution in [-0.2, 0) is 0 Å². The van der Waals surface area contributed by atoms with Crippen molar-refractivity contribution >= 4 is 0 Å². The number of aliphatic hydroxyl groups excluding tert-OH is 1. The highest BCUT2D eigenvalue weighted by Gasteiger charge is 2.23. The summed E-state index contributed by atoms with van der Waals surface area (Å²) < 4.78 is 0. The van der Waals surface area contributed by atoms with E-state index in [-0.39, 0.29) is 6.61 Å². The van der Waals surface area contributed by atoms with Crippen LogP contribution in [0.15, 0.2) is 30.3 Å². The van der Waals surface area contributed by atoms with Crippen LogP contribution in [-0.4, -0.2) is 24.3 Å². The summed E-state index contributed by atoms with van der Waals surface area (Å²) in [4.78, 5) is 0. The van der Waals surface area contributed by atoms with Crippen molar-refractivity contribution in [2.45, 2.75) is 18.4 Å². The van der Waals surface area contributed by atoms with Gasteiger partial charge in [-0.1, -0.05) is 30.3 Å². The molecule has 0 unspecified atom stereocenters. The van der Waals surface area contributed by atoms with E-state index < -0.39 is 0 Å². The number of benzene rings is 1. The van der Waals surface area contributed by atoms with E-state index in [2.05, 4.69) is 29.6 Å². The largest absolute Gasteiger partial charge is 0.395 e. The Bertz CT molecular complexity index is 260. The maximum Gasteiger partial charge on any atom is 0.0584 e. The number of hydrogen-bond acceptors (Lipinski definition) is 2. The Morgan fingerprint density at radius 2 is 2.08 bits per heavy atom. The van der Waals surface area contributed by atoms with Crippen LogP contribution >= 0.6 is 0 Å². The van der Waals surface area contributed by atoms with Gasteiger partial charge in [0, 0.05) is 12.6 Å². The van der Waals surface area contributed by atoms with Crippen LogP contribution in [0.25, 0.3) is 0 Å². The zero-order valence-electron chi connectivity index (χ0n) is 7.61. The second kappa shape index (κ2) is 3.90. The molecule has 1 aliphatic heterocycles. The minimum Gasteiger partial charge on any atom is -0.395 e. The molecule has 1 heterocycles. The van der Waals surface area contributed by atoms with Gasteiger partial charge in [0.1, 0.15) is 0 Å². The molecule has 0 radical (unpaired) electrons. The standard InChI is InChI=1S/C11H15NO/c13-8-11-6-10(7-12-11)9-4-2-1-3-5-9/h1-5,10-13H,6-8H2/t10-,11-/m0/s1. The van der Waals surface area contributed by atoms with Gasteiger partial charge in [-0.25, -0.2) is 0 Å². The Labute approximate surface area is 78.6 Å². The molecule has 1 aromatic rings. The predicted octanol–water partition coefficient (Wildman–Crippen LogP) is 1.12. The molecule has 0 saturated carbocycles. The van der Waals surface area contributed by atoms with Crippen molar-refractivity contribution in [1.29, 1.82) is 0 Å².